The Morgan fingerprint density at radius 3 is 2.89 bits per heavy atom. The molecule has 7 nitrogen and oxygen atoms in total. The second-order valence-corrected chi connectivity index (χ2v) is 6.85. The Bertz CT molecular complexity index is 934. The number of amides is 1. The lowest BCUT2D eigenvalue weighted by Crippen LogP contribution is -2.37. The molecule has 28 heavy (non-hydrogen) atoms. The number of aromatic nitrogens is 1. The van der Waals surface area contributed by atoms with E-state index < -0.39 is 0 Å². The van der Waals surface area contributed by atoms with Crippen LogP contribution >= 0.6 is 0 Å². The maximum atomic E-state index is 12.2. The molecule has 0 bridgehead atoms. The van der Waals surface area contributed by atoms with Gasteiger partial charge in [0.1, 0.15) is 23.2 Å². The fourth-order valence-corrected chi connectivity index (χ4v) is 3.38. The Hall–Kier alpha value is -3.27. The van der Waals surface area contributed by atoms with E-state index in [9.17, 15) is 10.1 Å². The molecule has 3 rings (SSSR count). The first kappa shape index (κ1) is 19.5. The van der Waals surface area contributed by atoms with Crippen LogP contribution in [0.25, 0.3) is 11.1 Å². The summed E-state index contributed by atoms with van der Waals surface area (Å²) in [6.07, 6.45) is 0.215. The molecule has 1 aromatic heterocycles. The summed E-state index contributed by atoms with van der Waals surface area (Å²) in [6.45, 7) is 6.82. The van der Waals surface area contributed by atoms with Gasteiger partial charge in [-0.15, -0.1) is 0 Å². The maximum Gasteiger partial charge on any atom is 0.410 e. The van der Waals surface area contributed by atoms with Crippen LogP contribution in [0.3, 0.4) is 0 Å². The van der Waals surface area contributed by atoms with Crippen molar-refractivity contribution in [2.24, 2.45) is 0 Å². The van der Waals surface area contributed by atoms with Crippen LogP contribution in [0.5, 0.6) is 5.75 Å². The molecule has 0 fully saturated rings. The lowest BCUT2D eigenvalue weighted by Gasteiger charge is -2.30. The Balaban J connectivity index is 2.12. The molecule has 146 valence electrons. The maximum absolute atomic E-state index is 12.2. The van der Waals surface area contributed by atoms with E-state index in [1.165, 1.54) is 0 Å². The number of nitrogens with zero attached hydrogens (tertiary/aromatic N) is 3. The smallest absolute Gasteiger partial charge is 0.410 e. The van der Waals surface area contributed by atoms with Crippen LogP contribution < -0.4 is 10.5 Å². The number of rotatable bonds is 4. The summed E-state index contributed by atoms with van der Waals surface area (Å²) < 4.78 is 10.9. The summed E-state index contributed by atoms with van der Waals surface area (Å²) >= 11 is 0. The van der Waals surface area contributed by atoms with Gasteiger partial charge in [-0.1, -0.05) is 12.1 Å². The summed E-state index contributed by atoms with van der Waals surface area (Å²) in [6, 6.07) is 9.73. The van der Waals surface area contributed by atoms with Gasteiger partial charge >= 0.3 is 6.09 Å². The van der Waals surface area contributed by atoms with Crippen molar-refractivity contribution in [2.75, 3.05) is 18.9 Å². The molecule has 7 heteroatoms. The standard InChI is InChI=1S/C21H24N4O3/c1-4-27-21(26)25-9-8-18-17(12-25)19(16(11-22)20(23)24-18)14-6-5-7-15(10-14)28-13(2)3/h5-7,10,13H,4,8-9,12H2,1-3H3,(H2,23,24). The minimum atomic E-state index is -0.369. The average Bonchev–Trinajstić information content (AvgIpc) is 2.66. The zero-order valence-corrected chi connectivity index (χ0v) is 16.4. The molecule has 1 amide bonds. The van der Waals surface area contributed by atoms with Gasteiger partial charge in [0.05, 0.1) is 24.9 Å². The molecule has 2 heterocycles. The van der Waals surface area contributed by atoms with E-state index in [0.717, 1.165) is 16.8 Å². The molecule has 0 atom stereocenters. The summed E-state index contributed by atoms with van der Waals surface area (Å²) in [5, 5.41) is 9.73. The van der Waals surface area contributed by atoms with E-state index in [2.05, 4.69) is 11.1 Å². The number of fused-ring (bicyclic) bond motifs is 1. The van der Waals surface area contributed by atoms with Crippen molar-refractivity contribution in [1.82, 2.24) is 9.88 Å². The molecule has 2 aromatic rings. The Labute approximate surface area is 164 Å². The van der Waals surface area contributed by atoms with Crippen LogP contribution in [0, 0.1) is 11.3 Å². The third-order valence-corrected chi connectivity index (χ3v) is 4.51. The van der Waals surface area contributed by atoms with Crippen molar-refractivity contribution >= 4 is 11.9 Å². The number of carbonyl (C=O) groups excluding carboxylic acids is 1. The lowest BCUT2D eigenvalue weighted by molar-refractivity contribution is 0.102. The Morgan fingerprint density at radius 2 is 2.21 bits per heavy atom. The molecule has 0 unspecified atom stereocenters. The molecule has 1 aromatic carbocycles. The molecular formula is C21H24N4O3. The molecule has 0 saturated carbocycles. The monoisotopic (exact) mass is 380 g/mol. The Kier molecular flexibility index (Phi) is 5.69. The second kappa shape index (κ2) is 8.17. The molecule has 0 radical (unpaired) electrons. The largest absolute Gasteiger partial charge is 0.491 e. The number of hydrogen-bond donors (Lipinski definition) is 1. The first-order valence-corrected chi connectivity index (χ1v) is 9.34. The van der Waals surface area contributed by atoms with Gasteiger partial charge in [-0.2, -0.15) is 5.26 Å². The van der Waals surface area contributed by atoms with Crippen molar-refractivity contribution in [2.45, 2.75) is 39.8 Å². The van der Waals surface area contributed by atoms with E-state index in [1.807, 2.05) is 38.1 Å². The third-order valence-electron chi connectivity index (χ3n) is 4.51. The lowest BCUT2D eigenvalue weighted by atomic mass is 9.91. The van der Waals surface area contributed by atoms with Gasteiger partial charge in [0, 0.05) is 24.1 Å². The molecule has 0 aliphatic carbocycles. The van der Waals surface area contributed by atoms with Gasteiger partial charge in [-0.05, 0) is 38.5 Å². The molecular weight excluding hydrogens is 356 g/mol. The van der Waals surface area contributed by atoms with Crippen molar-refractivity contribution in [3.8, 4) is 22.9 Å². The number of anilines is 1. The number of ether oxygens (including phenoxy) is 2. The summed E-state index contributed by atoms with van der Waals surface area (Å²) in [5.41, 5.74) is 9.54. The van der Waals surface area contributed by atoms with E-state index in [0.29, 0.717) is 43.0 Å². The number of nitrogen functional groups attached to an aromatic ring is 1. The van der Waals surface area contributed by atoms with Crippen LogP contribution in [0.1, 0.15) is 37.6 Å². The van der Waals surface area contributed by atoms with E-state index in [1.54, 1.807) is 11.8 Å². The van der Waals surface area contributed by atoms with Gasteiger partial charge in [0.25, 0.3) is 0 Å². The fraction of sp³-hybridized carbons (Fsp3) is 0.381. The number of pyridine rings is 1. The Morgan fingerprint density at radius 1 is 1.43 bits per heavy atom. The summed E-state index contributed by atoms with van der Waals surface area (Å²) in [5.74, 6) is 0.912. The fourth-order valence-electron chi connectivity index (χ4n) is 3.38. The zero-order chi connectivity index (χ0) is 20.3. The number of nitriles is 1. The van der Waals surface area contributed by atoms with E-state index in [4.69, 9.17) is 15.2 Å². The van der Waals surface area contributed by atoms with Gasteiger partial charge in [-0.3, -0.25) is 0 Å². The average molecular weight is 380 g/mol. The number of carbonyl (C=O) groups is 1. The predicted molar refractivity (Wildman–Crippen MR) is 106 cm³/mol. The topological polar surface area (TPSA) is 101 Å². The van der Waals surface area contributed by atoms with Crippen molar-refractivity contribution < 1.29 is 14.3 Å². The number of nitrogens with two attached hydrogens (primary N) is 1. The predicted octanol–water partition coefficient (Wildman–Crippen LogP) is 3.50. The van der Waals surface area contributed by atoms with Crippen molar-refractivity contribution in [3.63, 3.8) is 0 Å². The number of hydrogen-bond acceptors (Lipinski definition) is 6. The van der Waals surface area contributed by atoms with Gasteiger partial charge < -0.3 is 20.1 Å². The van der Waals surface area contributed by atoms with Crippen LogP contribution in [-0.2, 0) is 17.7 Å². The SMILES string of the molecule is CCOC(=O)N1CCc2nc(N)c(C#N)c(-c3cccc(OC(C)C)c3)c2C1. The molecule has 1 aliphatic rings. The van der Waals surface area contributed by atoms with Gasteiger partial charge in [0.15, 0.2) is 0 Å². The molecule has 0 spiro atoms. The van der Waals surface area contributed by atoms with Gasteiger partial charge in [0.2, 0.25) is 0 Å². The van der Waals surface area contributed by atoms with E-state index >= 15 is 0 Å². The minimum Gasteiger partial charge on any atom is -0.491 e. The molecule has 2 N–H and O–H groups in total. The minimum absolute atomic E-state index is 0.0291. The molecule has 1 aliphatic heterocycles. The van der Waals surface area contributed by atoms with Crippen molar-refractivity contribution in [3.05, 3.63) is 41.1 Å². The highest BCUT2D eigenvalue weighted by Gasteiger charge is 2.28. The normalized spacial score (nSPS) is 13.0. The van der Waals surface area contributed by atoms with Gasteiger partial charge in [-0.25, -0.2) is 9.78 Å². The van der Waals surface area contributed by atoms with Crippen LogP contribution in [-0.4, -0.2) is 35.2 Å². The van der Waals surface area contributed by atoms with Crippen LogP contribution in [0.2, 0.25) is 0 Å². The summed E-state index contributed by atoms with van der Waals surface area (Å²) in [4.78, 5) is 18.3. The van der Waals surface area contributed by atoms with Crippen molar-refractivity contribution in [1.29, 1.82) is 5.26 Å². The highest BCUT2D eigenvalue weighted by Crippen LogP contribution is 2.36. The highest BCUT2D eigenvalue weighted by atomic mass is 16.6. The second-order valence-electron chi connectivity index (χ2n) is 6.85. The van der Waals surface area contributed by atoms with Crippen LogP contribution in [0.4, 0.5) is 10.6 Å². The van der Waals surface area contributed by atoms with E-state index in [-0.39, 0.29) is 18.0 Å². The highest BCUT2D eigenvalue weighted by molar-refractivity contribution is 5.80. The van der Waals surface area contributed by atoms with Crippen LogP contribution in [0.15, 0.2) is 24.3 Å². The summed E-state index contributed by atoms with van der Waals surface area (Å²) in [7, 11) is 0. The molecule has 0 saturated heterocycles. The first-order valence-electron chi connectivity index (χ1n) is 9.34. The quantitative estimate of drug-likeness (QED) is 0.871. The zero-order valence-electron chi connectivity index (χ0n) is 16.4. The third kappa shape index (κ3) is 3.86. The number of benzene rings is 1. The first-order chi connectivity index (χ1) is 13.4.